The molecule has 2 aromatic heterocycles. The van der Waals surface area contributed by atoms with E-state index in [0.29, 0.717) is 11.5 Å². The highest BCUT2D eigenvalue weighted by Gasteiger charge is 2.11. The molecule has 2 aromatic carbocycles. The Bertz CT molecular complexity index is 1130. The van der Waals surface area contributed by atoms with Crippen LogP contribution in [0.2, 0.25) is 0 Å². The average molecular weight is 391 g/mol. The van der Waals surface area contributed by atoms with Crippen LogP contribution in [0.25, 0.3) is 10.2 Å². The molecule has 0 fully saturated rings. The average Bonchev–Trinajstić information content (AvgIpc) is 3.10. The molecule has 140 valence electrons. The van der Waals surface area contributed by atoms with Crippen molar-refractivity contribution in [3.8, 4) is 11.5 Å². The summed E-state index contributed by atoms with van der Waals surface area (Å²) in [5, 5.41) is 13.3. The summed E-state index contributed by atoms with van der Waals surface area (Å²) in [5.74, 6) is -0.0553. The van der Waals surface area contributed by atoms with Crippen LogP contribution >= 0.6 is 11.3 Å². The van der Waals surface area contributed by atoms with Crippen molar-refractivity contribution in [2.24, 2.45) is 0 Å². The van der Waals surface area contributed by atoms with E-state index in [-0.39, 0.29) is 11.7 Å². The molecule has 7 heteroatoms. The van der Waals surface area contributed by atoms with Gasteiger partial charge in [-0.25, -0.2) is 14.8 Å². The Hall–Kier alpha value is -3.45. The summed E-state index contributed by atoms with van der Waals surface area (Å²) in [6.07, 6.45) is 1.41. The Kier molecular flexibility index (Phi) is 4.90. The first-order valence-corrected chi connectivity index (χ1v) is 9.49. The van der Waals surface area contributed by atoms with Crippen LogP contribution in [-0.4, -0.2) is 21.0 Å². The zero-order chi connectivity index (χ0) is 19.5. The van der Waals surface area contributed by atoms with Crippen LogP contribution in [-0.2, 0) is 0 Å². The molecule has 0 aliphatic carbocycles. The van der Waals surface area contributed by atoms with Crippen LogP contribution in [0.3, 0.4) is 0 Å². The lowest BCUT2D eigenvalue weighted by molar-refractivity contribution is 0.0690. The van der Waals surface area contributed by atoms with E-state index in [9.17, 15) is 4.79 Å². The topological polar surface area (TPSA) is 84.3 Å². The number of rotatable bonds is 6. The molecular weight excluding hydrogens is 374 g/mol. The van der Waals surface area contributed by atoms with E-state index in [4.69, 9.17) is 9.84 Å². The second-order valence-electron chi connectivity index (χ2n) is 6.21. The molecule has 1 atom stereocenters. The Morgan fingerprint density at radius 1 is 1.11 bits per heavy atom. The molecule has 28 heavy (non-hydrogen) atoms. The first-order chi connectivity index (χ1) is 13.6. The molecule has 0 unspecified atom stereocenters. The summed E-state index contributed by atoms with van der Waals surface area (Å²) in [6, 6.07) is 19.0. The maximum absolute atomic E-state index is 11.0. The lowest BCUT2D eigenvalue weighted by Crippen LogP contribution is -2.05. The van der Waals surface area contributed by atoms with Crippen molar-refractivity contribution < 1.29 is 14.6 Å². The molecule has 0 aliphatic rings. The minimum atomic E-state index is -1.09. The third-order valence-electron chi connectivity index (χ3n) is 4.19. The van der Waals surface area contributed by atoms with E-state index >= 15 is 0 Å². The zero-order valence-corrected chi connectivity index (χ0v) is 15.8. The third kappa shape index (κ3) is 3.94. The number of anilines is 1. The molecule has 6 nitrogen and oxygen atoms in total. The van der Waals surface area contributed by atoms with Gasteiger partial charge in [-0.3, -0.25) is 0 Å². The minimum Gasteiger partial charge on any atom is -0.477 e. The number of hydrogen-bond acceptors (Lipinski definition) is 6. The summed E-state index contributed by atoms with van der Waals surface area (Å²) in [6.45, 7) is 2.10. The summed E-state index contributed by atoms with van der Waals surface area (Å²) in [4.78, 5) is 19.5. The number of nitrogens with one attached hydrogen (secondary N) is 1. The highest BCUT2D eigenvalue weighted by atomic mass is 32.1. The van der Waals surface area contributed by atoms with Gasteiger partial charge in [-0.05, 0) is 30.7 Å². The van der Waals surface area contributed by atoms with Crippen LogP contribution in [0.15, 0.2) is 66.9 Å². The Labute approximate surface area is 165 Å². The predicted molar refractivity (Wildman–Crippen MR) is 109 cm³/mol. The molecule has 0 amide bonds. The number of carboxylic acid groups (broad SMARTS) is 1. The highest BCUT2D eigenvalue weighted by molar-refractivity contribution is 7.22. The lowest BCUT2D eigenvalue weighted by atomic mass is 10.1. The van der Waals surface area contributed by atoms with Gasteiger partial charge in [0.1, 0.15) is 11.5 Å². The summed E-state index contributed by atoms with van der Waals surface area (Å²) in [7, 11) is 0. The lowest BCUT2D eigenvalue weighted by Gasteiger charge is -2.12. The number of hydrogen-bond donors (Lipinski definition) is 2. The Balaban J connectivity index is 1.53. The van der Waals surface area contributed by atoms with Crippen LogP contribution in [0.4, 0.5) is 5.13 Å². The van der Waals surface area contributed by atoms with Crippen molar-refractivity contribution in [3.63, 3.8) is 0 Å². The maximum atomic E-state index is 11.0. The van der Waals surface area contributed by atoms with Gasteiger partial charge < -0.3 is 15.2 Å². The van der Waals surface area contributed by atoms with Crippen molar-refractivity contribution in [1.82, 2.24) is 9.97 Å². The van der Waals surface area contributed by atoms with Crippen molar-refractivity contribution in [1.29, 1.82) is 0 Å². The number of ether oxygens (including phenoxy) is 1. The van der Waals surface area contributed by atoms with E-state index in [1.165, 1.54) is 17.8 Å². The van der Waals surface area contributed by atoms with Crippen molar-refractivity contribution in [2.75, 3.05) is 5.32 Å². The van der Waals surface area contributed by atoms with Gasteiger partial charge in [0.25, 0.3) is 0 Å². The number of aromatic carboxylic acids is 1. The smallest absolute Gasteiger partial charge is 0.354 e. The molecule has 0 saturated carbocycles. The largest absolute Gasteiger partial charge is 0.477 e. The summed E-state index contributed by atoms with van der Waals surface area (Å²) in [5.41, 5.74) is 2.01. The van der Waals surface area contributed by atoms with Crippen LogP contribution in [0.1, 0.15) is 29.0 Å². The quantitative estimate of drug-likeness (QED) is 0.461. The Morgan fingerprint density at radius 3 is 2.68 bits per heavy atom. The third-order valence-corrected chi connectivity index (χ3v) is 5.14. The van der Waals surface area contributed by atoms with E-state index < -0.39 is 5.97 Å². The number of aromatic nitrogens is 2. The number of pyridine rings is 1. The second-order valence-corrected chi connectivity index (χ2v) is 7.24. The van der Waals surface area contributed by atoms with Gasteiger partial charge in [-0.2, -0.15) is 0 Å². The zero-order valence-electron chi connectivity index (χ0n) is 15.0. The maximum Gasteiger partial charge on any atom is 0.354 e. The number of carboxylic acids is 1. The van der Waals surface area contributed by atoms with Gasteiger partial charge in [0.2, 0.25) is 0 Å². The van der Waals surface area contributed by atoms with E-state index in [2.05, 4.69) is 34.3 Å². The van der Waals surface area contributed by atoms with Crippen molar-refractivity contribution in [2.45, 2.75) is 13.0 Å². The number of benzene rings is 2. The van der Waals surface area contributed by atoms with Gasteiger partial charge in [-0.1, -0.05) is 41.7 Å². The summed E-state index contributed by atoms with van der Waals surface area (Å²) >= 11 is 1.54. The first-order valence-electron chi connectivity index (χ1n) is 8.68. The fourth-order valence-corrected chi connectivity index (χ4v) is 3.75. The fraction of sp³-hybridized carbons (Fsp3) is 0.0952. The van der Waals surface area contributed by atoms with E-state index in [1.807, 2.05) is 36.4 Å². The SMILES string of the molecule is C[C@@H](Nc1nc2ccc(Oc3ccnc(C(=O)O)c3)cc2s1)c1ccccc1. The fourth-order valence-electron chi connectivity index (χ4n) is 2.77. The van der Waals surface area contributed by atoms with Gasteiger partial charge in [0.15, 0.2) is 10.8 Å². The van der Waals surface area contributed by atoms with Gasteiger partial charge in [0.05, 0.1) is 16.3 Å². The van der Waals surface area contributed by atoms with E-state index in [0.717, 1.165) is 15.3 Å². The molecule has 0 aliphatic heterocycles. The molecule has 0 bridgehead atoms. The highest BCUT2D eigenvalue weighted by Crippen LogP contribution is 2.32. The molecule has 4 aromatic rings. The van der Waals surface area contributed by atoms with Gasteiger partial charge in [-0.15, -0.1) is 0 Å². The monoisotopic (exact) mass is 391 g/mol. The van der Waals surface area contributed by atoms with Gasteiger partial charge >= 0.3 is 5.97 Å². The predicted octanol–water partition coefficient (Wildman–Crippen LogP) is 5.35. The normalized spacial score (nSPS) is 11.9. The second kappa shape index (κ2) is 7.66. The molecule has 0 saturated heterocycles. The standard InChI is InChI=1S/C21H17N3O3S/c1-13(14-5-3-2-4-6-14)23-21-24-17-8-7-15(12-19(17)28-21)27-16-9-10-22-18(11-16)20(25)26/h2-13H,1H3,(H,23,24)(H,25,26)/t13-/m1/s1. The van der Waals surface area contributed by atoms with Crippen molar-refractivity contribution >= 4 is 32.7 Å². The molecule has 0 spiro atoms. The first kappa shape index (κ1) is 17.9. The number of nitrogens with zero attached hydrogens (tertiary/aromatic N) is 2. The Morgan fingerprint density at radius 2 is 1.89 bits per heavy atom. The summed E-state index contributed by atoms with van der Waals surface area (Å²) < 4.78 is 6.77. The minimum absolute atomic E-state index is 0.0576. The molecule has 0 radical (unpaired) electrons. The van der Waals surface area contributed by atoms with E-state index in [1.54, 1.807) is 17.4 Å². The van der Waals surface area contributed by atoms with Crippen LogP contribution in [0, 0.1) is 0 Å². The number of carbonyl (C=O) groups is 1. The molecule has 2 N–H and O–H groups in total. The van der Waals surface area contributed by atoms with Crippen LogP contribution in [0.5, 0.6) is 11.5 Å². The molecular formula is C21H17N3O3S. The molecule has 4 rings (SSSR count). The van der Waals surface area contributed by atoms with Crippen molar-refractivity contribution in [3.05, 3.63) is 78.1 Å². The van der Waals surface area contributed by atoms with Crippen LogP contribution < -0.4 is 10.1 Å². The number of fused-ring (bicyclic) bond motifs is 1. The molecule has 2 heterocycles. The number of thiazole rings is 1. The van der Waals surface area contributed by atoms with Gasteiger partial charge in [0, 0.05) is 18.3 Å².